The topological polar surface area (TPSA) is 114 Å². The number of rotatable bonds is 10. The highest BCUT2D eigenvalue weighted by atomic mass is 19.4. The van der Waals surface area contributed by atoms with Gasteiger partial charge in [0.2, 0.25) is 0 Å². The molecule has 1 aromatic heterocycles. The van der Waals surface area contributed by atoms with Crippen LogP contribution in [0.4, 0.5) is 13.2 Å². The Morgan fingerprint density at radius 2 is 2.03 bits per heavy atom. The molecule has 0 unspecified atom stereocenters. The third-order valence-corrected chi connectivity index (χ3v) is 3.87. The number of nitrogens with zero attached hydrogens (tertiary/aromatic N) is 1. The van der Waals surface area contributed by atoms with E-state index in [0.717, 1.165) is 6.07 Å². The normalized spacial score (nSPS) is 12.2. The summed E-state index contributed by atoms with van der Waals surface area (Å²) < 4.78 is 46.8. The quantitative estimate of drug-likeness (QED) is 0.374. The smallest absolute Gasteiger partial charge is 0.482 e. The number of aliphatic carboxylic acids is 1. The molecule has 0 fully saturated rings. The first-order valence-corrected chi connectivity index (χ1v) is 9.16. The van der Waals surface area contributed by atoms with Gasteiger partial charge in [0, 0.05) is 5.57 Å². The monoisotopic (exact) mass is 451 g/mol. The van der Waals surface area contributed by atoms with E-state index in [0.29, 0.717) is 17.0 Å². The van der Waals surface area contributed by atoms with Crippen molar-refractivity contribution in [3.8, 4) is 5.75 Å². The van der Waals surface area contributed by atoms with Crippen molar-refractivity contribution in [3.63, 3.8) is 0 Å². The summed E-state index contributed by atoms with van der Waals surface area (Å²) in [6.07, 6.45) is -0.334. The van der Waals surface area contributed by atoms with Gasteiger partial charge in [0.15, 0.2) is 6.61 Å². The molecule has 0 aliphatic carbocycles. The number of carboxylic acid groups (broad SMARTS) is 1. The van der Waals surface area contributed by atoms with Crippen LogP contribution >= 0.6 is 0 Å². The predicted octanol–water partition coefficient (Wildman–Crippen LogP) is 3.81. The molecule has 32 heavy (non-hydrogen) atoms. The van der Waals surface area contributed by atoms with E-state index >= 15 is 0 Å². The maximum atomic E-state index is 12.5. The van der Waals surface area contributed by atoms with E-state index < -0.39 is 30.6 Å². The second kappa shape index (κ2) is 10.8. The van der Waals surface area contributed by atoms with Crippen molar-refractivity contribution in [2.24, 2.45) is 0 Å². The number of H-pyrrole nitrogens is 1. The molecular weight excluding hydrogens is 431 g/mol. The van der Waals surface area contributed by atoms with Crippen molar-refractivity contribution in [3.05, 3.63) is 77.8 Å². The highest BCUT2D eigenvalue weighted by Gasteiger charge is 2.32. The molecule has 11 heteroatoms. The molecule has 0 bridgehead atoms. The van der Waals surface area contributed by atoms with E-state index in [1.54, 1.807) is 25.1 Å². The minimum atomic E-state index is -4.93. The first-order chi connectivity index (χ1) is 15.1. The summed E-state index contributed by atoms with van der Waals surface area (Å²) in [4.78, 5) is 23.2. The second-order valence-corrected chi connectivity index (χ2v) is 6.16. The van der Waals surface area contributed by atoms with Crippen LogP contribution in [-0.2, 0) is 16.1 Å². The maximum absolute atomic E-state index is 12.5. The number of halogens is 3. The zero-order chi connectivity index (χ0) is 23.7. The molecule has 2 rings (SSSR count). The molecule has 1 aromatic carbocycles. The molecule has 0 aliphatic rings. The Hall–Kier alpha value is -4.02. The van der Waals surface area contributed by atoms with Crippen LogP contribution in [0.5, 0.6) is 5.75 Å². The van der Waals surface area contributed by atoms with Gasteiger partial charge in [-0.25, -0.2) is 4.79 Å². The molecule has 0 aliphatic heterocycles. The number of hydrogen-bond donors (Lipinski definition) is 3. The van der Waals surface area contributed by atoms with E-state index in [9.17, 15) is 22.8 Å². The average molecular weight is 451 g/mol. The van der Waals surface area contributed by atoms with Crippen molar-refractivity contribution < 1.29 is 37.3 Å². The Balaban J connectivity index is 2.13. The third kappa shape index (κ3) is 7.04. The van der Waals surface area contributed by atoms with Gasteiger partial charge in [0.05, 0.1) is 23.5 Å². The highest BCUT2D eigenvalue weighted by Crippen LogP contribution is 2.26. The number of amides is 1. The number of carboxylic acids is 1. The van der Waals surface area contributed by atoms with E-state index in [1.165, 1.54) is 24.3 Å². The van der Waals surface area contributed by atoms with Gasteiger partial charge in [-0.15, -0.1) is 13.2 Å². The van der Waals surface area contributed by atoms with E-state index in [4.69, 9.17) is 9.84 Å². The largest absolute Gasteiger partial charge is 0.573 e. The lowest BCUT2D eigenvalue weighted by Gasteiger charge is -2.12. The fourth-order valence-electron chi connectivity index (χ4n) is 2.60. The number of ether oxygens (including phenoxy) is 2. The SMILES string of the molecule is C=C/C=C(\C(=C/C)OCC(=O)O)c1cc(CNC(=O)c2ccccc2OC(F)(F)F)[nH]n1. The van der Waals surface area contributed by atoms with Crippen LogP contribution in [0.2, 0.25) is 0 Å². The summed E-state index contributed by atoms with van der Waals surface area (Å²) in [5.41, 5.74) is 0.983. The van der Waals surface area contributed by atoms with E-state index in [1.807, 2.05) is 0 Å². The lowest BCUT2D eigenvalue weighted by atomic mass is 10.1. The Morgan fingerprint density at radius 3 is 2.66 bits per heavy atom. The number of aromatic nitrogens is 2. The third-order valence-electron chi connectivity index (χ3n) is 3.87. The summed E-state index contributed by atoms with van der Waals surface area (Å²) in [6, 6.07) is 6.55. The molecule has 1 heterocycles. The van der Waals surface area contributed by atoms with Crippen LogP contribution in [0.3, 0.4) is 0 Å². The number of alkyl halides is 3. The minimum Gasteiger partial charge on any atom is -0.482 e. The number of carbonyl (C=O) groups is 2. The average Bonchev–Trinajstić information content (AvgIpc) is 3.19. The summed E-state index contributed by atoms with van der Waals surface area (Å²) >= 11 is 0. The van der Waals surface area contributed by atoms with Gasteiger partial charge in [-0.3, -0.25) is 9.89 Å². The van der Waals surface area contributed by atoms with Crippen LogP contribution < -0.4 is 10.1 Å². The molecule has 0 atom stereocenters. The van der Waals surface area contributed by atoms with Crippen LogP contribution in [0, 0.1) is 0 Å². The molecule has 1 amide bonds. The van der Waals surface area contributed by atoms with Crippen molar-refractivity contribution in [1.29, 1.82) is 0 Å². The summed E-state index contributed by atoms with van der Waals surface area (Å²) in [6.45, 7) is 4.63. The van der Waals surface area contributed by atoms with Crippen molar-refractivity contribution in [1.82, 2.24) is 15.5 Å². The molecule has 8 nitrogen and oxygen atoms in total. The van der Waals surface area contributed by atoms with E-state index in [2.05, 4.69) is 26.8 Å². The minimum absolute atomic E-state index is 0.0747. The molecule has 0 saturated heterocycles. The van der Waals surface area contributed by atoms with Gasteiger partial charge in [-0.2, -0.15) is 5.10 Å². The summed E-state index contributed by atoms with van der Waals surface area (Å²) in [5.74, 6) is -2.29. The first kappa shape index (κ1) is 24.3. The lowest BCUT2D eigenvalue weighted by molar-refractivity contribution is -0.274. The molecule has 0 saturated carbocycles. The van der Waals surface area contributed by atoms with Gasteiger partial charge in [-0.1, -0.05) is 24.8 Å². The van der Waals surface area contributed by atoms with Crippen molar-refractivity contribution >= 4 is 17.4 Å². The number of benzene rings is 1. The van der Waals surface area contributed by atoms with Gasteiger partial charge in [0.1, 0.15) is 11.5 Å². The number of aromatic amines is 1. The van der Waals surface area contributed by atoms with E-state index in [-0.39, 0.29) is 17.9 Å². The summed E-state index contributed by atoms with van der Waals surface area (Å²) in [7, 11) is 0. The van der Waals surface area contributed by atoms with Gasteiger partial charge < -0.3 is 19.9 Å². The zero-order valence-electron chi connectivity index (χ0n) is 16.9. The Kier molecular flexibility index (Phi) is 8.22. The maximum Gasteiger partial charge on any atom is 0.573 e. The van der Waals surface area contributed by atoms with Crippen LogP contribution in [-0.4, -0.2) is 40.1 Å². The summed E-state index contributed by atoms with van der Waals surface area (Å²) in [5, 5.41) is 18.1. The fraction of sp³-hybridized carbons (Fsp3) is 0.190. The highest BCUT2D eigenvalue weighted by molar-refractivity contribution is 5.96. The van der Waals surface area contributed by atoms with Gasteiger partial charge in [-0.05, 0) is 37.3 Å². The number of carbonyl (C=O) groups excluding carboxylic acids is 1. The molecule has 170 valence electrons. The number of hydrogen-bond acceptors (Lipinski definition) is 5. The number of allylic oxidation sites excluding steroid dienone is 4. The molecule has 0 spiro atoms. The zero-order valence-corrected chi connectivity index (χ0v) is 16.9. The van der Waals surface area contributed by atoms with Gasteiger partial charge >= 0.3 is 12.3 Å². The Labute approximate surface area is 181 Å². The van der Waals surface area contributed by atoms with Crippen LogP contribution in [0.1, 0.15) is 28.7 Å². The van der Waals surface area contributed by atoms with Crippen molar-refractivity contribution in [2.45, 2.75) is 19.8 Å². The predicted molar refractivity (Wildman–Crippen MR) is 108 cm³/mol. The Morgan fingerprint density at radius 1 is 1.31 bits per heavy atom. The van der Waals surface area contributed by atoms with Crippen LogP contribution in [0.25, 0.3) is 5.57 Å². The number of para-hydroxylation sites is 1. The Bertz CT molecular complexity index is 1040. The standard InChI is InChI=1S/C21H20F3N3O5/c1-3-7-14(17(4-2)31-12-19(28)29)16-10-13(26-27-16)11-25-20(30)15-8-5-6-9-18(15)32-21(22,23)24/h3-10H,1,11-12H2,2H3,(H,25,30)(H,26,27)(H,28,29)/b14-7-,17-4+. The molecule has 2 aromatic rings. The first-order valence-electron chi connectivity index (χ1n) is 9.16. The molecular formula is C21H20F3N3O5. The second-order valence-electron chi connectivity index (χ2n) is 6.16. The van der Waals surface area contributed by atoms with Crippen molar-refractivity contribution in [2.75, 3.05) is 6.61 Å². The van der Waals surface area contributed by atoms with Crippen LogP contribution in [0.15, 0.2) is 60.9 Å². The number of nitrogens with one attached hydrogen (secondary N) is 2. The molecule has 3 N–H and O–H groups in total. The fourth-order valence-corrected chi connectivity index (χ4v) is 2.60. The van der Waals surface area contributed by atoms with Gasteiger partial charge in [0.25, 0.3) is 5.91 Å². The lowest BCUT2D eigenvalue weighted by Crippen LogP contribution is -2.25. The molecule has 0 radical (unpaired) electrons.